The van der Waals surface area contributed by atoms with E-state index in [1.54, 1.807) is 27.7 Å². The summed E-state index contributed by atoms with van der Waals surface area (Å²) in [6, 6.07) is -1.47. The number of rotatable bonds is 13. The molecule has 3 aliphatic rings. The maximum atomic E-state index is 13.2. The molecular formula is C27H44N4O7S. The van der Waals surface area contributed by atoms with E-state index >= 15 is 0 Å². The summed E-state index contributed by atoms with van der Waals surface area (Å²) in [5.41, 5.74) is 4.77. The predicted molar refractivity (Wildman–Crippen MR) is 146 cm³/mol. The Morgan fingerprint density at radius 2 is 1.85 bits per heavy atom. The molecule has 4 amide bonds. The van der Waals surface area contributed by atoms with Crippen molar-refractivity contribution >= 4 is 33.8 Å². The standard InChI is InChI=1S/C27H44N4O7S/c1-26(2,3)38-25(35)29-20(24(34)31-16-10-13-21(31)22(28)32)12-9-7-5-6-8-11-18-17-19(18)23(33)30-39(36,37)27(4)14-15-27/h8,11,18-21H,5-7,9-10,12-17H2,1-4H3,(H2,28,32)(H,29,35)(H,30,33)/b11-8-/t18-,19+,20+,21+/m1/s1. The zero-order chi connectivity index (χ0) is 29.0. The highest BCUT2D eigenvalue weighted by molar-refractivity contribution is 7.91. The lowest BCUT2D eigenvalue weighted by molar-refractivity contribution is -0.139. The van der Waals surface area contributed by atoms with E-state index in [1.807, 2.05) is 12.2 Å². The molecular weight excluding hydrogens is 524 g/mol. The monoisotopic (exact) mass is 568 g/mol. The molecule has 4 N–H and O–H groups in total. The number of carbonyl (C=O) groups is 4. The summed E-state index contributed by atoms with van der Waals surface area (Å²) in [6.45, 7) is 7.31. The van der Waals surface area contributed by atoms with Crippen molar-refractivity contribution in [3.05, 3.63) is 12.2 Å². The minimum Gasteiger partial charge on any atom is -0.444 e. The summed E-state index contributed by atoms with van der Waals surface area (Å²) in [7, 11) is -3.60. The summed E-state index contributed by atoms with van der Waals surface area (Å²) < 4.78 is 31.2. The van der Waals surface area contributed by atoms with E-state index in [0.717, 1.165) is 19.3 Å². The van der Waals surface area contributed by atoms with Crippen molar-refractivity contribution in [1.29, 1.82) is 0 Å². The van der Waals surface area contributed by atoms with Crippen LogP contribution in [0.15, 0.2) is 12.2 Å². The Morgan fingerprint density at radius 3 is 2.46 bits per heavy atom. The normalized spacial score (nSPS) is 24.7. The first-order valence-corrected chi connectivity index (χ1v) is 15.4. The Labute approximate surface area is 231 Å². The fourth-order valence-corrected chi connectivity index (χ4v) is 6.10. The zero-order valence-electron chi connectivity index (χ0n) is 23.5. The van der Waals surface area contributed by atoms with Gasteiger partial charge in [0.05, 0.1) is 4.75 Å². The van der Waals surface area contributed by atoms with Crippen LogP contribution in [-0.2, 0) is 29.1 Å². The number of unbranched alkanes of at least 4 members (excludes halogenated alkanes) is 3. The zero-order valence-corrected chi connectivity index (χ0v) is 24.3. The molecule has 0 radical (unpaired) electrons. The minimum atomic E-state index is -3.60. The van der Waals surface area contributed by atoms with Gasteiger partial charge in [0.25, 0.3) is 0 Å². The fourth-order valence-electron chi connectivity index (χ4n) is 4.80. The second-order valence-corrected chi connectivity index (χ2v) is 14.5. The van der Waals surface area contributed by atoms with Gasteiger partial charge in [0.1, 0.15) is 17.7 Å². The highest BCUT2D eigenvalue weighted by Gasteiger charge is 2.52. The van der Waals surface area contributed by atoms with Crippen LogP contribution in [0.2, 0.25) is 0 Å². The molecule has 1 aliphatic heterocycles. The molecule has 2 aliphatic carbocycles. The van der Waals surface area contributed by atoms with Crippen LogP contribution in [0.1, 0.15) is 91.9 Å². The molecule has 1 heterocycles. The van der Waals surface area contributed by atoms with Crippen molar-refractivity contribution in [1.82, 2.24) is 14.9 Å². The van der Waals surface area contributed by atoms with Crippen LogP contribution in [0.25, 0.3) is 0 Å². The molecule has 11 nitrogen and oxygen atoms in total. The molecule has 39 heavy (non-hydrogen) atoms. The smallest absolute Gasteiger partial charge is 0.408 e. The Kier molecular flexibility index (Phi) is 9.72. The Balaban J connectivity index is 1.41. The van der Waals surface area contributed by atoms with Crippen LogP contribution in [0.4, 0.5) is 4.79 Å². The molecule has 0 aromatic rings. The van der Waals surface area contributed by atoms with Gasteiger partial charge in [-0.3, -0.25) is 19.1 Å². The van der Waals surface area contributed by atoms with Gasteiger partial charge in [0, 0.05) is 12.5 Å². The van der Waals surface area contributed by atoms with Crippen LogP contribution < -0.4 is 15.8 Å². The third kappa shape index (κ3) is 8.68. The average molecular weight is 569 g/mol. The van der Waals surface area contributed by atoms with Gasteiger partial charge in [0.2, 0.25) is 27.7 Å². The summed E-state index contributed by atoms with van der Waals surface area (Å²) in [5.74, 6) is -1.51. The predicted octanol–water partition coefficient (Wildman–Crippen LogP) is 2.50. The number of hydrogen-bond donors (Lipinski definition) is 3. The number of nitrogens with zero attached hydrogens (tertiary/aromatic N) is 1. The molecule has 1 saturated heterocycles. The van der Waals surface area contributed by atoms with Gasteiger partial charge < -0.3 is 20.7 Å². The van der Waals surface area contributed by atoms with Crippen molar-refractivity contribution < 1.29 is 32.3 Å². The largest absolute Gasteiger partial charge is 0.444 e. The van der Waals surface area contributed by atoms with E-state index < -0.39 is 50.4 Å². The summed E-state index contributed by atoms with van der Waals surface area (Å²) in [6.07, 6.45) is 9.87. The fraction of sp³-hybridized carbons (Fsp3) is 0.778. The lowest BCUT2D eigenvalue weighted by Crippen LogP contribution is -2.53. The molecule has 2 saturated carbocycles. The summed E-state index contributed by atoms with van der Waals surface area (Å²) in [4.78, 5) is 51.1. The van der Waals surface area contributed by atoms with Gasteiger partial charge in [-0.2, -0.15) is 0 Å². The van der Waals surface area contributed by atoms with Gasteiger partial charge in [0.15, 0.2) is 0 Å². The Morgan fingerprint density at radius 1 is 1.15 bits per heavy atom. The van der Waals surface area contributed by atoms with E-state index in [2.05, 4.69) is 10.0 Å². The molecule has 220 valence electrons. The second-order valence-electron chi connectivity index (χ2n) is 12.3. The molecule has 3 fully saturated rings. The van der Waals surface area contributed by atoms with Crippen LogP contribution in [-0.4, -0.2) is 66.1 Å². The van der Waals surface area contributed by atoms with Gasteiger partial charge in [-0.05, 0) is 85.0 Å². The highest BCUT2D eigenvalue weighted by Crippen LogP contribution is 2.44. The first-order chi connectivity index (χ1) is 18.1. The SMILES string of the molecule is CC(C)(C)OC(=O)N[C@@H](CCCCC/C=C\[C@@H]1C[C@@H]1C(=O)NS(=O)(=O)C1(C)CC1)C(=O)N1CCC[C@H]1C(N)=O. The lowest BCUT2D eigenvalue weighted by atomic mass is 10.0. The van der Waals surface area contributed by atoms with Crippen molar-refractivity contribution in [2.24, 2.45) is 17.6 Å². The second kappa shape index (κ2) is 12.3. The molecule has 0 unspecified atom stereocenters. The van der Waals surface area contributed by atoms with Gasteiger partial charge >= 0.3 is 6.09 Å². The number of likely N-dealkylation sites (tertiary alicyclic amines) is 1. The third-order valence-corrected chi connectivity index (χ3v) is 9.79. The van der Waals surface area contributed by atoms with E-state index in [4.69, 9.17) is 10.5 Å². The Bertz CT molecular complexity index is 1080. The molecule has 4 atom stereocenters. The number of alkyl carbamates (subject to hydrolysis) is 1. The molecule has 3 rings (SSSR count). The van der Waals surface area contributed by atoms with Crippen LogP contribution in [0, 0.1) is 11.8 Å². The molecule has 0 aromatic heterocycles. The van der Waals surface area contributed by atoms with E-state index in [9.17, 15) is 27.6 Å². The number of allylic oxidation sites excluding steroid dienone is 2. The Hall–Kier alpha value is -2.63. The maximum Gasteiger partial charge on any atom is 0.408 e. The lowest BCUT2D eigenvalue weighted by Gasteiger charge is -2.28. The molecule has 12 heteroatoms. The number of sulfonamides is 1. The topological polar surface area (TPSA) is 165 Å². The first-order valence-electron chi connectivity index (χ1n) is 14.0. The number of hydrogen-bond acceptors (Lipinski definition) is 7. The van der Waals surface area contributed by atoms with E-state index in [0.29, 0.717) is 51.5 Å². The van der Waals surface area contributed by atoms with E-state index in [-0.39, 0.29) is 17.7 Å². The number of primary amides is 1. The highest BCUT2D eigenvalue weighted by atomic mass is 32.2. The third-order valence-electron chi connectivity index (χ3n) is 7.61. The number of ether oxygens (including phenoxy) is 1. The number of carbonyl (C=O) groups excluding carboxylic acids is 4. The summed E-state index contributed by atoms with van der Waals surface area (Å²) >= 11 is 0. The molecule has 0 spiro atoms. The van der Waals surface area contributed by atoms with Crippen LogP contribution in [0.5, 0.6) is 0 Å². The van der Waals surface area contributed by atoms with E-state index in [1.165, 1.54) is 4.90 Å². The number of amides is 4. The van der Waals surface area contributed by atoms with Gasteiger partial charge in [-0.15, -0.1) is 0 Å². The summed E-state index contributed by atoms with van der Waals surface area (Å²) in [5, 5.41) is 2.68. The van der Waals surface area contributed by atoms with Gasteiger partial charge in [-0.25, -0.2) is 13.2 Å². The van der Waals surface area contributed by atoms with Crippen molar-refractivity contribution in [3.63, 3.8) is 0 Å². The van der Waals surface area contributed by atoms with Crippen molar-refractivity contribution in [2.45, 2.75) is 114 Å². The van der Waals surface area contributed by atoms with Crippen LogP contribution in [0.3, 0.4) is 0 Å². The maximum absolute atomic E-state index is 13.2. The first kappa shape index (κ1) is 30.9. The van der Waals surface area contributed by atoms with Gasteiger partial charge in [-0.1, -0.05) is 25.0 Å². The molecule has 0 aromatic carbocycles. The quantitative estimate of drug-likeness (QED) is 0.227. The minimum absolute atomic E-state index is 0.0610. The number of nitrogens with one attached hydrogen (secondary N) is 2. The van der Waals surface area contributed by atoms with Crippen molar-refractivity contribution in [3.8, 4) is 0 Å². The van der Waals surface area contributed by atoms with Crippen LogP contribution >= 0.6 is 0 Å². The number of nitrogens with two attached hydrogens (primary N) is 1. The van der Waals surface area contributed by atoms with Crippen molar-refractivity contribution in [2.75, 3.05) is 6.54 Å². The molecule has 0 bridgehead atoms. The average Bonchev–Trinajstić information content (AvgIpc) is 3.71.